The van der Waals surface area contributed by atoms with Gasteiger partial charge in [0.2, 0.25) is 5.91 Å². The van der Waals surface area contributed by atoms with Crippen molar-refractivity contribution in [1.29, 1.82) is 0 Å². The Morgan fingerprint density at radius 1 is 1.26 bits per heavy atom. The molecule has 1 aliphatic heterocycles. The minimum Gasteiger partial charge on any atom is -0.616 e. The zero-order chi connectivity index (χ0) is 19.3. The lowest BCUT2D eigenvalue weighted by molar-refractivity contribution is -0.132. The number of amides is 1. The smallest absolute Gasteiger partial charge is 0.228 e. The summed E-state index contributed by atoms with van der Waals surface area (Å²) in [6.45, 7) is 2.42. The summed E-state index contributed by atoms with van der Waals surface area (Å²) >= 11 is -0.935. The highest BCUT2D eigenvalue weighted by molar-refractivity contribution is 7.92. The third kappa shape index (κ3) is 5.07. The molecule has 1 saturated carbocycles. The van der Waals surface area contributed by atoms with Crippen LogP contribution in [0, 0.1) is 5.92 Å². The maximum Gasteiger partial charge on any atom is 0.228 e. The standard InChI is InChI=1S/C22H34N2O2S/c1-23(2)13-8-14-24-15-16-27(26)22(18-21(24)25)12-7-6-11-20(22)17-19-9-4-3-5-10-19/h3-5,9-10,20H,6-8,11-18H2,1-2H3. The second-order valence-electron chi connectivity index (χ2n) is 8.46. The van der Waals surface area contributed by atoms with Gasteiger partial charge < -0.3 is 14.4 Å². The van der Waals surface area contributed by atoms with Gasteiger partial charge in [0.25, 0.3) is 0 Å². The van der Waals surface area contributed by atoms with E-state index in [0.29, 0.717) is 24.6 Å². The van der Waals surface area contributed by atoms with E-state index in [1.165, 1.54) is 12.0 Å². The van der Waals surface area contributed by atoms with Crippen LogP contribution in [0.3, 0.4) is 0 Å². The molecular formula is C22H34N2O2S. The van der Waals surface area contributed by atoms with E-state index in [1.54, 1.807) is 0 Å². The molecule has 0 N–H and O–H groups in total. The normalized spacial score (nSPS) is 29.3. The fourth-order valence-electron chi connectivity index (χ4n) is 4.78. The van der Waals surface area contributed by atoms with Crippen molar-refractivity contribution in [1.82, 2.24) is 9.80 Å². The molecule has 1 aliphatic carbocycles. The zero-order valence-electron chi connectivity index (χ0n) is 16.9. The summed E-state index contributed by atoms with van der Waals surface area (Å²) in [5.41, 5.74) is 1.31. The van der Waals surface area contributed by atoms with Crippen LogP contribution in [-0.2, 0) is 22.4 Å². The second-order valence-corrected chi connectivity index (χ2v) is 10.4. The first-order valence-electron chi connectivity index (χ1n) is 10.4. The minimum absolute atomic E-state index is 0.222. The molecule has 4 nitrogen and oxygen atoms in total. The number of carbonyl (C=O) groups is 1. The highest BCUT2D eigenvalue weighted by Crippen LogP contribution is 2.46. The van der Waals surface area contributed by atoms with Crippen molar-refractivity contribution in [3.63, 3.8) is 0 Å². The molecule has 5 heteroatoms. The molecule has 1 saturated heterocycles. The van der Waals surface area contributed by atoms with E-state index in [4.69, 9.17) is 0 Å². The van der Waals surface area contributed by atoms with Crippen LogP contribution < -0.4 is 0 Å². The first-order chi connectivity index (χ1) is 13.0. The Kier molecular flexibility index (Phi) is 7.23. The lowest BCUT2D eigenvalue weighted by atomic mass is 9.73. The van der Waals surface area contributed by atoms with Crippen LogP contribution in [0.25, 0.3) is 0 Å². The summed E-state index contributed by atoms with van der Waals surface area (Å²) in [6.07, 6.45) is 6.72. The van der Waals surface area contributed by atoms with Crippen molar-refractivity contribution < 1.29 is 9.35 Å². The molecule has 3 rings (SSSR count). The summed E-state index contributed by atoms with van der Waals surface area (Å²) < 4.78 is 13.1. The van der Waals surface area contributed by atoms with E-state index >= 15 is 0 Å². The number of hydrogen-bond donors (Lipinski definition) is 0. The van der Waals surface area contributed by atoms with Gasteiger partial charge in [-0.2, -0.15) is 0 Å². The number of carbonyl (C=O) groups excluding carboxylic acids is 1. The highest BCUT2D eigenvalue weighted by atomic mass is 32.2. The number of hydrogen-bond acceptors (Lipinski definition) is 3. The average Bonchev–Trinajstić information content (AvgIpc) is 2.76. The molecule has 0 radical (unpaired) electrons. The van der Waals surface area contributed by atoms with Crippen molar-refractivity contribution in [3.8, 4) is 0 Å². The maximum atomic E-state index is 13.4. The zero-order valence-corrected chi connectivity index (χ0v) is 17.7. The van der Waals surface area contributed by atoms with Crippen LogP contribution in [-0.4, -0.2) is 64.5 Å². The fraction of sp³-hybridized carbons (Fsp3) is 0.682. The van der Waals surface area contributed by atoms with Gasteiger partial charge in [0.1, 0.15) is 10.5 Å². The summed E-state index contributed by atoms with van der Waals surface area (Å²) in [4.78, 5) is 17.2. The summed E-state index contributed by atoms with van der Waals surface area (Å²) in [5.74, 6) is 1.21. The van der Waals surface area contributed by atoms with Gasteiger partial charge in [0.15, 0.2) is 0 Å². The molecular weight excluding hydrogens is 356 g/mol. The van der Waals surface area contributed by atoms with E-state index in [0.717, 1.165) is 45.2 Å². The molecule has 3 unspecified atom stereocenters. The van der Waals surface area contributed by atoms with Crippen molar-refractivity contribution in [2.45, 2.75) is 49.7 Å². The Balaban J connectivity index is 1.74. The molecule has 27 heavy (non-hydrogen) atoms. The van der Waals surface area contributed by atoms with E-state index < -0.39 is 11.2 Å². The maximum absolute atomic E-state index is 13.4. The van der Waals surface area contributed by atoms with Gasteiger partial charge in [-0.3, -0.25) is 4.79 Å². The van der Waals surface area contributed by atoms with Crippen molar-refractivity contribution in [2.75, 3.05) is 39.5 Å². The quantitative estimate of drug-likeness (QED) is 0.701. The largest absolute Gasteiger partial charge is 0.616 e. The molecule has 2 fully saturated rings. The van der Waals surface area contributed by atoms with Crippen LogP contribution in [0.2, 0.25) is 0 Å². The predicted molar refractivity (Wildman–Crippen MR) is 112 cm³/mol. The van der Waals surface area contributed by atoms with Crippen molar-refractivity contribution in [3.05, 3.63) is 35.9 Å². The van der Waals surface area contributed by atoms with Gasteiger partial charge in [-0.25, -0.2) is 0 Å². The van der Waals surface area contributed by atoms with Gasteiger partial charge in [-0.15, -0.1) is 0 Å². The van der Waals surface area contributed by atoms with Gasteiger partial charge in [0.05, 0.1) is 13.0 Å². The van der Waals surface area contributed by atoms with Crippen LogP contribution in [0.1, 0.15) is 44.1 Å². The molecule has 3 atom stereocenters. The van der Waals surface area contributed by atoms with Gasteiger partial charge >= 0.3 is 0 Å². The van der Waals surface area contributed by atoms with Crippen LogP contribution in [0.4, 0.5) is 0 Å². The monoisotopic (exact) mass is 390 g/mol. The summed E-state index contributed by atoms with van der Waals surface area (Å²) in [7, 11) is 4.12. The Morgan fingerprint density at radius 2 is 2.04 bits per heavy atom. The van der Waals surface area contributed by atoms with Crippen LogP contribution in [0.15, 0.2) is 30.3 Å². The van der Waals surface area contributed by atoms with Crippen LogP contribution in [0.5, 0.6) is 0 Å². The summed E-state index contributed by atoms with van der Waals surface area (Å²) in [5, 5.41) is 0. The minimum atomic E-state index is -0.935. The Morgan fingerprint density at radius 3 is 2.78 bits per heavy atom. The molecule has 1 heterocycles. The Bertz CT molecular complexity index is 610. The molecule has 1 aromatic carbocycles. The molecule has 2 aliphatic rings. The van der Waals surface area contributed by atoms with E-state index in [2.05, 4.69) is 43.3 Å². The van der Waals surface area contributed by atoms with E-state index in [1.807, 2.05) is 11.0 Å². The third-order valence-corrected chi connectivity index (χ3v) is 8.45. The molecule has 1 aromatic rings. The Labute approximate surface area is 167 Å². The van der Waals surface area contributed by atoms with Crippen LogP contribution >= 0.6 is 0 Å². The average molecular weight is 391 g/mol. The topological polar surface area (TPSA) is 46.6 Å². The van der Waals surface area contributed by atoms with Gasteiger partial charge in [-0.1, -0.05) is 36.8 Å². The number of rotatable bonds is 6. The fourth-order valence-corrected chi connectivity index (χ4v) is 6.81. The first-order valence-corrected chi connectivity index (χ1v) is 11.7. The lowest BCUT2D eigenvalue weighted by Crippen LogP contribution is -2.50. The number of nitrogens with zero attached hydrogens (tertiary/aromatic N) is 2. The highest BCUT2D eigenvalue weighted by Gasteiger charge is 2.53. The third-order valence-electron chi connectivity index (χ3n) is 6.31. The first kappa shape index (κ1) is 20.7. The molecule has 1 spiro atoms. The summed E-state index contributed by atoms with van der Waals surface area (Å²) in [6, 6.07) is 10.5. The number of benzene rings is 1. The molecule has 0 aromatic heterocycles. The SMILES string of the molecule is CN(C)CCCN1CC[S+]([O-])C2(CCCCC2Cc2ccccc2)CC1=O. The van der Waals surface area contributed by atoms with Gasteiger partial charge in [0, 0.05) is 12.5 Å². The lowest BCUT2D eigenvalue weighted by Gasteiger charge is -2.43. The Hall–Kier alpha value is -1.04. The van der Waals surface area contributed by atoms with Crippen molar-refractivity contribution >= 4 is 17.1 Å². The van der Waals surface area contributed by atoms with E-state index in [-0.39, 0.29) is 10.7 Å². The molecule has 1 amide bonds. The molecule has 0 bridgehead atoms. The molecule has 150 valence electrons. The van der Waals surface area contributed by atoms with E-state index in [9.17, 15) is 9.35 Å². The second kappa shape index (κ2) is 9.44. The van der Waals surface area contributed by atoms with Gasteiger partial charge in [-0.05, 0) is 69.5 Å². The predicted octanol–water partition coefficient (Wildman–Crippen LogP) is 3.09. The van der Waals surface area contributed by atoms with Crippen molar-refractivity contribution in [2.24, 2.45) is 5.92 Å².